The predicted molar refractivity (Wildman–Crippen MR) is 116 cm³/mol. The normalized spacial score (nSPS) is 11.0. The molecule has 0 heterocycles. The molecule has 0 saturated heterocycles. The highest BCUT2D eigenvalue weighted by Crippen LogP contribution is 2.37. The average molecular weight is 479 g/mol. The summed E-state index contributed by atoms with van der Waals surface area (Å²) >= 11 is 9.51. The van der Waals surface area contributed by atoms with Crippen molar-refractivity contribution in [2.75, 3.05) is 13.2 Å². The summed E-state index contributed by atoms with van der Waals surface area (Å²) in [4.78, 5) is 0. The Morgan fingerprint density at radius 3 is 2.37 bits per heavy atom. The van der Waals surface area contributed by atoms with Crippen molar-refractivity contribution in [1.29, 1.82) is 0 Å². The summed E-state index contributed by atoms with van der Waals surface area (Å²) < 4.78 is 12.6. The predicted octanol–water partition coefficient (Wildman–Crippen LogP) is 5.36. The number of aliphatic hydroxyl groups excluding tert-OH is 1. The van der Waals surface area contributed by atoms with E-state index in [1.807, 2.05) is 57.2 Å². The molecule has 0 aliphatic rings. The van der Waals surface area contributed by atoms with E-state index < -0.39 is 0 Å². The van der Waals surface area contributed by atoms with Crippen LogP contribution in [0, 0.1) is 0 Å². The number of hydrogen-bond acceptors (Lipinski definition) is 4. The number of hydrogen-bond donors (Lipinski definition) is 2. The molecule has 2 aromatic rings. The van der Waals surface area contributed by atoms with Crippen LogP contribution in [0.5, 0.6) is 11.5 Å². The second kappa shape index (κ2) is 11.1. The molecule has 0 unspecified atom stereocenters. The maximum Gasteiger partial charge on any atom is 0.175 e. The first kappa shape index (κ1) is 24.1. The zero-order valence-corrected chi connectivity index (χ0v) is 18.9. The molecule has 0 saturated carbocycles. The highest BCUT2D eigenvalue weighted by Gasteiger charge is 2.17. The summed E-state index contributed by atoms with van der Waals surface area (Å²) in [5.74, 6) is 1.36. The number of rotatable bonds is 9. The molecule has 7 heteroatoms. The second-order valence-electron chi connectivity index (χ2n) is 6.65. The van der Waals surface area contributed by atoms with Gasteiger partial charge in [-0.15, -0.1) is 12.4 Å². The lowest BCUT2D eigenvalue weighted by molar-refractivity contribution is 0.187. The van der Waals surface area contributed by atoms with Crippen LogP contribution in [0.1, 0.15) is 31.9 Å². The summed E-state index contributed by atoms with van der Waals surface area (Å²) in [7, 11) is 0. The van der Waals surface area contributed by atoms with Crippen molar-refractivity contribution in [2.24, 2.45) is 0 Å². The Kier molecular flexibility index (Phi) is 9.91. The van der Waals surface area contributed by atoms with Gasteiger partial charge in [-0.1, -0.05) is 23.7 Å². The number of benzene rings is 2. The molecule has 2 N–H and O–H groups in total. The van der Waals surface area contributed by atoms with Gasteiger partial charge in [0.15, 0.2) is 11.5 Å². The van der Waals surface area contributed by atoms with Crippen molar-refractivity contribution in [2.45, 2.75) is 39.5 Å². The molecule has 0 fully saturated rings. The quantitative estimate of drug-likeness (QED) is 0.509. The minimum atomic E-state index is -0.345. The molecule has 0 aromatic heterocycles. The molecule has 4 nitrogen and oxygen atoms in total. The van der Waals surface area contributed by atoms with E-state index in [-0.39, 0.29) is 24.6 Å². The molecule has 0 aliphatic heterocycles. The summed E-state index contributed by atoms with van der Waals surface area (Å²) in [5.41, 5.74) is 1.72. The average Bonchev–Trinajstić information content (AvgIpc) is 2.61. The van der Waals surface area contributed by atoms with Crippen LogP contribution in [0.15, 0.2) is 40.9 Å². The third-order valence-electron chi connectivity index (χ3n) is 3.83. The maximum absolute atomic E-state index is 9.38. The van der Waals surface area contributed by atoms with Crippen molar-refractivity contribution >= 4 is 39.9 Å². The third-order valence-corrected chi connectivity index (χ3v) is 4.67. The molecule has 0 atom stereocenters. The van der Waals surface area contributed by atoms with Crippen molar-refractivity contribution in [3.8, 4) is 11.5 Å². The lowest BCUT2D eigenvalue weighted by atomic mass is 10.1. The summed E-state index contributed by atoms with van der Waals surface area (Å²) in [6, 6.07) is 11.5. The van der Waals surface area contributed by atoms with E-state index >= 15 is 0 Å². The zero-order chi connectivity index (χ0) is 19.2. The van der Waals surface area contributed by atoms with Crippen LogP contribution in [0.3, 0.4) is 0 Å². The van der Waals surface area contributed by atoms with E-state index in [1.54, 1.807) is 0 Å². The van der Waals surface area contributed by atoms with Crippen LogP contribution in [0.25, 0.3) is 0 Å². The lowest BCUT2D eigenvalue weighted by Gasteiger charge is -2.24. The Hall–Kier alpha value is -0.980. The largest absolute Gasteiger partial charge is 0.490 e. The maximum atomic E-state index is 9.38. The van der Waals surface area contributed by atoms with Crippen LogP contribution < -0.4 is 14.8 Å². The SMILES string of the molecule is CCOc1cc(CNC(C)(C)CO)cc(Br)c1OCc1ccc(Cl)cc1.Cl. The molecule has 2 aromatic carbocycles. The van der Waals surface area contributed by atoms with Gasteiger partial charge in [-0.25, -0.2) is 0 Å². The summed E-state index contributed by atoms with van der Waals surface area (Å²) in [6.45, 7) is 7.49. The molecule has 0 spiro atoms. The van der Waals surface area contributed by atoms with Crippen molar-refractivity contribution in [3.05, 3.63) is 57.0 Å². The summed E-state index contributed by atoms with van der Waals surface area (Å²) in [6.07, 6.45) is 0. The molecule has 27 heavy (non-hydrogen) atoms. The van der Waals surface area contributed by atoms with Crippen LogP contribution in [-0.4, -0.2) is 23.9 Å². The van der Waals surface area contributed by atoms with E-state index in [0.29, 0.717) is 36.3 Å². The Morgan fingerprint density at radius 1 is 1.11 bits per heavy atom. The standard InChI is InChI=1S/C20H25BrClNO3.ClH/c1-4-25-18-10-15(11-23-20(2,3)13-24)9-17(21)19(18)26-12-14-5-7-16(22)8-6-14;/h5-10,23-24H,4,11-13H2,1-3H3;1H. The van der Waals surface area contributed by atoms with Crippen LogP contribution in [-0.2, 0) is 13.2 Å². The van der Waals surface area contributed by atoms with Crippen molar-refractivity contribution in [3.63, 3.8) is 0 Å². The Labute approximate surface area is 180 Å². The second-order valence-corrected chi connectivity index (χ2v) is 7.94. The van der Waals surface area contributed by atoms with Crippen LogP contribution in [0.4, 0.5) is 0 Å². The van der Waals surface area contributed by atoms with Gasteiger partial charge < -0.3 is 19.9 Å². The van der Waals surface area contributed by atoms with E-state index in [4.69, 9.17) is 21.1 Å². The van der Waals surface area contributed by atoms with E-state index in [0.717, 1.165) is 15.6 Å². The van der Waals surface area contributed by atoms with Gasteiger partial charge >= 0.3 is 0 Å². The first-order chi connectivity index (χ1) is 12.3. The monoisotopic (exact) mass is 477 g/mol. The van der Waals surface area contributed by atoms with Crippen molar-refractivity contribution in [1.82, 2.24) is 5.32 Å². The van der Waals surface area contributed by atoms with Gasteiger partial charge in [0.1, 0.15) is 6.61 Å². The fourth-order valence-electron chi connectivity index (χ4n) is 2.26. The smallest absolute Gasteiger partial charge is 0.175 e. The minimum absolute atomic E-state index is 0. The molecular formula is C20H26BrCl2NO3. The zero-order valence-electron chi connectivity index (χ0n) is 15.7. The fraction of sp³-hybridized carbons (Fsp3) is 0.400. The van der Waals surface area contributed by atoms with Crippen LogP contribution >= 0.6 is 39.9 Å². The van der Waals surface area contributed by atoms with Crippen LogP contribution in [0.2, 0.25) is 5.02 Å². The Morgan fingerprint density at radius 2 is 1.78 bits per heavy atom. The molecule has 0 radical (unpaired) electrons. The number of ether oxygens (including phenoxy) is 2. The molecule has 0 amide bonds. The number of nitrogens with one attached hydrogen (secondary N) is 1. The first-order valence-electron chi connectivity index (χ1n) is 8.53. The Balaban J connectivity index is 0.00000364. The molecule has 150 valence electrons. The van der Waals surface area contributed by atoms with E-state index in [2.05, 4.69) is 21.2 Å². The highest BCUT2D eigenvalue weighted by molar-refractivity contribution is 9.10. The van der Waals surface area contributed by atoms with Gasteiger partial charge in [0.05, 0.1) is 17.7 Å². The number of aliphatic hydroxyl groups is 1. The molecule has 2 rings (SSSR count). The van der Waals surface area contributed by atoms with Gasteiger partial charge in [0, 0.05) is 17.1 Å². The molecular weight excluding hydrogens is 453 g/mol. The third kappa shape index (κ3) is 7.51. The van der Waals surface area contributed by atoms with E-state index in [1.165, 1.54) is 0 Å². The van der Waals surface area contributed by atoms with Crippen molar-refractivity contribution < 1.29 is 14.6 Å². The minimum Gasteiger partial charge on any atom is -0.490 e. The van der Waals surface area contributed by atoms with Gasteiger partial charge in [-0.2, -0.15) is 0 Å². The lowest BCUT2D eigenvalue weighted by Crippen LogP contribution is -2.42. The van der Waals surface area contributed by atoms with Gasteiger partial charge in [-0.3, -0.25) is 0 Å². The van der Waals surface area contributed by atoms with Gasteiger partial charge in [-0.05, 0) is 72.1 Å². The highest BCUT2D eigenvalue weighted by atomic mass is 79.9. The Bertz CT molecular complexity index is 724. The summed E-state index contributed by atoms with van der Waals surface area (Å²) in [5, 5.41) is 13.4. The van der Waals surface area contributed by atoms with E-state index in [9.17, 15) is 5.11 Å². The molecule has 0 bridgehead atoms. The first-order valence-corrected chi connectivity index (χ1v) is 9.70. The number of halogens is 3. The van der Waals surface area contributed by atoms with Gasteiger partial charge in [0.2, 0.25) is 0 Å². The van der Waals surface area contributed by atoms with Gasteiger partial charge in [0.25, 0.3) is 0 Å². The molecule has 0 aliphatic carbocycles. The fourth-order valence-corrected chi connectivity index (χ4v) is 2.99. The topological polar surface area (TPSA) is 50.7 Å².